The van der Waals surface area contributed by atoms with Crippen LogP contribution in [0.1, 0.15) is 79.6 Å². The Balaban J connectivity index is 6.50. The van der Waals surface area contributed by atoms with Gasteiger partial charge in [0.05, 0.1) is 18.3 Å². The minimum Gasteiger partial charge on any atom is -0.481 e. The molecule has 25 nitrogen and oxygen atoms in total. The zero-order valence-electron chi connectivity index (χ0n) is 33.7. The number of hydrogen-bond donors (Lipinski definition) is 15. The Morgan fingerprint density at radius 1 is 0.542 bits per heavy atom. The van der Waals surface area contributed by atoms with Crippen molar-refractivity contribution in [3.63, 3.8) is 0 Å². The summed E-state index contributed by atoms with van der Waals surface area (Å²) < 4.78 is 0. The summed E-state index contributed by atoms with van der Waals surface area (Å²) in [6.07, 6.45) is -6.99. The van der Waals surface area contributed by atoms with Gasteiger partial charge in [-0.05, 0) is 58.8 Å². The molecular formula is C34H61N11O14. The number of carbonyl (C=O) groups is 9. The summed E-state index contributed by atoms with van der Waals surface area (Å²) in [5, 5.41) is 63.0. The minimum atomic E-state index is -1.89. The number of aliphatic imine (C=N–C) groups is 1. The molecule has 0 radical (unpaired) electrons. The SMILES string of the molecule is CC(C)C[C@H](NC(=O)[C@@H](NC(=O)[C@H](CCCN=C(N)N)NC(=O)[C@@H](NC(=O)[C@H](CCC(=O)O)NC(=O)[C@H](CCC(N)=O)NC(=O)[C@@H](N)[C@@H](C)O)[C@@H](C)O)[C@@H](C)O)C(=O)O. The molecule has 0 bridgehead atoms. The van der Waals surface area contributed by atoms with Crippen molar-refractivity contribution in [3.8, 4) is 0 Å². The summed E-state index contributed by atoms with van der Waals surface area (Å²) >= 11 is 0. The third-order valence-corrected chi connectivity index (χ3v) is 8.44. The van der Waals surface area contributed by atoms with Crippen LogP contribution in [0.25, 0.3) is 0 Å². The van der Waals surface area contributed by atoms with Gasteiger partial charge in [-0.15, -0.1) is 0 Å². The zero-order valence-corrected chi connectivity index (χ0v) is 33.7. The number of nitrogens with one attached hydrogen (secondary N) is 6. The maximum atomic E-state index is 13.6. The summed E-state index contributed by atoms with van der Waals surface area (Å²) in [7, 11) is 0. The molecule has 0 aliphatic rings. The zero-order chi connectivity index (χ0) is 45.7. The van der Waals surface area contributed by atoms with Crippen LogP contribution in [0.15, 0.2) is 4.99 Å². The Kier molecular flexibility index (Phi) is 23.8. The highest BCUT2D eigenvalue weighted by molar-refractivity contribution is 5.97. The van der Waals surface area contributed by atoms with E-state index in [0.717, 1.165) is 13.8 Å². The molecule has 0 rings (SSSR count). The molecule has 0 aliphatic heterocycles. The van der Waals surface area contributed by atoms with Gasteiger partial charge in [-0.2, -0.15) is 0 Å². The van der Waals surface area contributed by atoms with Crippen LogP contribution in [0.5, 0.6) is 0 Å². The van der Waals surface area contributed by atoms with Gasteiger partial charge in [0.2, 0.25) is 41.4 Å². The number of aliphatic hydroxyl groups is 3. The van der Waals surface area contributed by atoms with Gasteiger partial charge in [0.15, 0.2) is 5.96 Å². The van der Waals surface area contributed by atoms with Gasteiger partial charge >= 0.3 is 11.9 Å². The van der Waals surface area contributed by atoms with E-state index < -0.39 is 140 Å². The maximum Gasteiger partial charge on any atom is 0.326 e. The van der Waals surface area contributed by atoms with Gasteiger partial charge in [-0.25, -0.2) is 4.79 Å². The number of carboxylic acids is 2. The van der Waals surface area contributed by atoms with E-state index in [4.69, 9.17) is 22.9 Å². The lowest BCUT2D eigenvalue weighted by Crippen LogP contribution is -2.62. The first-order valence-corrected chi connectivity index (χ1v) is 18.7. The van der Waals surface area contributed by atoms with Crippen molar-refractivity contribution in [3.05, 3.63) is 0 Å². The lowest BCUT2D eigenvalue weighted by Gasteiger charge is -2.29. The molecule has 0 aromatic rings. The third-order valence-electron chi connectivity index (χ3n) is 8.44. The molecular weight excluding hydrogens is 786 g/mol. The quantitative estimate of drug-likeness (QED) is 0.0198. The lowest BCUT2D eigenvalue weighted by atomic mass is 10.0. The Labute approximate surface area is 340 Å². The Morgan fingerprint density at radius 2 is 0.949 bits per heavy atom. The molecule has 0 heterocycles. The highest BCUT2D eigenvalue weighted by atomic mass is 16.4. The van der Waals surface area contributed by atoms with Crippen LogP contribution in [0.4, 0.5) is 0 Å². The van der Waals surface area contributed by atoms with Crippen LogP contribution < -0.4 is 54.8 Å². The van der Waals surface area contributed by atoms with Crippen molar-refractivity contribution < 1.29 is 68.7 Å². The average Bonchev–Trinajstić information content (AvgIpc) is 3.11. The molecule has 0 aliphatic carbocycles. The van der Waals surface area contributed by atoms with Gasteiger partial charge in [-0.3, -0.25) is 43.3 Å². The van der Waals surface area contributed by atoms with E-state index in [2.05, 4.69) is 36.9 Å². The second kappa shape index (κ2) is 26.4. The van der Waals surface area contributed by atoms with E-state index in [1.165, 1.54) is 6.92 Å². The molecule has 59 heavy (non-hydrogen) atoms. The van der Waals surface area contributed by atoms with E-state index in [0.29, 0.717) is 0 Å². The number of nitrogens with zero attached hydrogens (tertiary/aromatic N) is 1. The van der Waals surface area contributed by atoms with E-state index in [-0.39, 0.29) is 37.7 Å². The second-order valence-corrected chi connectivity index (χ2v) is 14.3. The summed E-state index contributed by atoms with van der Waals surface area (Å²) in [5.74, 6) is -10.8. The summed E-state index contributed by atoms with van der Waals surface area (Å²) in [6.45, 7) is 6.80. The first-order chi connectivity index (χ1) is 27.3. The van der Waals surface area contributed by atoms with Crippen molar-refractivity contribution in [1.82, 2.24) is 31.9 Å². The Bertz CT molecular complexity index is 1500. The van der Waals surface area contributed by atoms with E-state index >= 15 is 0 Å². The number of hydrogen-bond acceptors (Lipinski definition) is 14. The molecule has 19 N–H and O–H groups in total. The summed E-state index contributed by atoms with van der Waals surface area (Å²) in [5.41, 5.74) is 21.5. The number of primary amides is 1. The molecule has 0 unspecified atom stereocenters. The predicted molar refractivity (Wildman–Crippen MR) is 207 cm³/mol. The predicted octanol–water partition coefficient (Wildman–Crippen LogP) is -6.32. The number of nitrogens with two attached hydrogens (primary N) is 4. The van der Waals surface area contributed by atoms with Crippen molar-refractivity contribution >= 4 is 59.2 Å². The summed E-state index contributed by atoms with van der Waals surface area (Å²) in [4.78, 5) is 118. The number of carbonyl (C=O) groups excluding carboxylic acids is 7. The molecule has 25 heteroatoms. The largest absolute Gasteiger partial charge is 0.481 e. The molecule has 10 atom stereocenters. The van der Waals surface area contributed by atoms with Crippen LogP contribution >= 0.6 is 0 Å². The first-order valence-electron chi connectivity index (χ1n) is 18.7. The third kappa shape index (κ3) is 21.1. The fraction of sp³-hybridized carbons (Fsp3) is 0.706. The second-order valence-electron chi connectivity index (χ2n) is 14.3. The molecule has 0 saturated carbocycles. The van der Waals surface area contributed by atoms with Gasteiger partial charge in [0.25, 0.3) is 0 Å². The van der Waals surface area contributed by atoms with Crippen molar-refractivity contribution in [1.29, 1.82) is 0 Å². The molecule has 0 saturated heterocycles. The van der Waals surface area contributed by atoms with Crippen LogP contribution in [-0.2, 0) is 43.2 Å². The Hall–Kier alpha value is -5.66. The number of aliphatic hydroxyl groups excluding tert-OH is 3. The van der Waals surface area contributed by atoms with Crippen LogP contribution in [-0.4, -0.2) is 152 Å². The first kappa shape index (κ1) is 53.3. The van der Waals surface area contributed by atoms with Gasteiger partial charge in [0.1, 0.15) is 42.3 Å². The topological polar surface area (TPSA) is 443 Å². The van der Waals surface area contributed by atoms with Crippen molar-refractivity contribution in [2.45, 2.75) is 140 Å². The maximum absolute atomic E-state index is 13.6. The Morgan fingerprint density at radius 3 is 1.34 bits per heavy atom. The smallest absolute Gasteiger partial charge is 0.326 e. The van der Waals surface area contributed by atoms with Crippen LogP contribution in [0.3, 0.4) is 0 Å². The molecule has 0 fully saturated rings. The number of carboxylic acid groups (broad SMARTS) is 2. The van der Waals surface area contributed by atoms with Crippen molar-refractivity contribution in [2.75, 3.05) is 6.54 Å². The number of rotatable bonds is 28. The lowest BCUT2D eigenvalue weighted by molar-refractivity contribution is -0.143. The van der Waals surface area contributed by atoms with E-state index in [1.807, 2.05) is 0 Å². The van der Waals surface area contributed by atoms with E-state index in [9.17, 15) is 68.7 Å². The standard InChI is InChI=1S/C34H61N11O14/c1-14(2)13-21(33(58)59)43-32(57)26(17(5)48)44-28(53)18(7-6-12-39-34(37)38)42-31(56)25(16(4)47)45-29(54)20(9-11-23(50)51)40-27(52)19(8-10-22(35)49)41-30(55)24(36)15(3)46/h14-21,24-26,46-48H,6-13,36H2,1-5H3,(H2,35,49)(H,40,52)(H,41,55)(H,42,56)(H,43,57)(H,44,53)(H,45,54)(H,50,51)(H,58,59)(H4,37,38,39)/t15-,16-,17-,18+,19+,20+,21+,24+,25+,26+/m1/s1. The molecule has 0 spiro atoms. The minimum absolute atomic E-state index is 0.0173. The molecule has 7 amide bonds. The monoisotopic (exact) mass is 847 g/mol. The number of amides is 7. The molecule has 0 aromatic carbocycles. The van der Waals surface area contributed by atoms with E-state index in [1.54, 1.807) is 13.8 Å². The molecule has 336 valence electrons. The highest BCUT2D eigenvalue weighted by Crippen LogP contribution is 2.09. The number of aliphatic carboxylic acids is 2. The normalized spacial score (nSPS) is 16.2. The van der Waals surface area contributed by atoms with Crippen molar-refractivity contribution in [2.24, 2.45) is 33.8 Å². The molecule has 0 aromatic heterocycles. The van der Waals surface area contributed by atoms with Crippen LogP contribution in [0, 0.1) is 5.92 Å². The van der Waals surface area contributed by atoms with Gasteiger partial charge in [0, 0.05) is 19.4 Å². The van der Waals surface area contributed by atoms with Gasteiger partial charge < -0.3 is 80.4 Å². The average molecular weight is 848 g/mol. The van der Waals surface area contributed by atoms with Gasteiger partial charge in [-0.1, -0.05) is 13.8 Å². The highest BCUT2D eigenvalue weighted by Gasteiger charge is 2.36. The summed E-state index contributed by atoms with van der Waals surface area (Å²) in [6, 6.07) is -11.4. The fourth-order valence-electron chi connectivity index (χ4n) is 5.16. The number of guanidine groups is 1. The fourth-order valence-corrected chi connectivity index (χ4v) is 5.16. The van der Waals surface area contributed by atoms with Crippen LogP contribution in [0.2, 0.25) is 0 Å².